The third-order valence-electron chi connectivity index (χ3n) is 3.07. The van der Waals surface area contributed by atoms with Crippen molar-refractivity contribution in [2.24, 2.45) is 0 Å². The highest BCUT2D eigenvalue weighted by molar-refractivity contribution is 8.00. The van der Waals surface area contributed by atoms with Crippen LogP contribution in [0.25, 0.3) is 0 Å². The number of hydrogen-bond acceptors (Lipinski definition) is 7. The van der Waals surface area contributed by atoms with Crippen LogP contribution in [0.5, 0.6) is 0 Å². The Labute approximate surface area is 148 Å². The number of nitrogens with zero attached hydrogens (tertiary/aromatic N) is 3. The van der Waals surface area contributed by atoms with Gasteiger partial charge in [0.05, 0.1) is 10.7 Å². The van der Waals surface area contributed by atoms with Crippen LogP contribution < -0.4 is 5.32 Å². The topological polar surface area (TPSA) is 50.7 Å². The summed E-state index contributed by atoms with van der Waals surface area (Å²) >= 11 is 5.03. The van der Waals surface area contributed by atoms with Gasteiger partial charge >= 0.3 is 0 Å². The first kappa shape index (κ1) is 16.4. The molecular weight excluding hydrogens is 344 g/mol. The van der Waals surface area contributed by atoms with Gasteiger partial charge in [-0.2, -0.15) is 0 Å². The molecule has 2 aromatic heterocycles. The van der Waals surface area contributed by atoms with E-state index in [4.69, 9.17) is 4.98 Å². The summed E-state index contributed by atoms with van der Waals surface area (Å²) in [6.07, 6.45) is 1.99. The average molecular weight is 363 g/mol. The third-order valence-corrected chi connectivity index (χ3v) is 6.02. The van der Waals surface area contributed by atoms with Crippen molar-refractivity contribution in [3.05, 3.63) is 52.0 Å². The minimum Gasteiger partial charge on any atom is -0.360 e. The number of thioether (sulfide) groups is 1. The molecule has 0 atom stereocenters. The van der Waals surface area contributed by atoms with Gasteiger partial charge in [-0.15, -0.1) is 21.5 Å². The third kappa shape index (κ3) is 5.02. The van der Waals surface area contributed by atoms with E-state index in [1.165, 1.54) is 5.56 Å². The van der Waals surface area contributed by atoms with Crippen molar-refractivity contribution in [2.75, 3.05) is 11.9 Å². The molecule has 7 heteroatoms. The standard InChI is InChI=1S/C16H18N4S3/c1-2-8-17-15-19-20-16(23-15)22-11-13-10-21-14(18-13)9-12-6-4-3-5-7-12/h3-7,10H,2,8-9,11H2,1H3,(H,17,19). The summed E-state index contributed by atoms with van der Waals surface area (Å²) in [5.74, 6) is 0.841. The van der Waals surface area contributed by atoms with Crippen LogP contribution in [-0.4, -0.2) is 21.7 Å². The summed E-state index contributed by atoms with van der Waals surface area (Å²) in [7, 11) is 0. The van der Waals surface area contributed by atoms with Gasteiger partial charge < -0.3 is 5.32 Å². The largest absolute Gasteiger partial charge is 0.360 e. The van der Waals surface area contributed by atoms with Crippen molar-refractivity contribution in [3.63, 3.8) is 0 Å². The van der Waals surface area contributed by atoms with Crippen LogP contribution in [0.4, 0.5) is 5.13 Å². The molecule has 1 N–H and O–H groups in total. The first-order valence-corrected chi connectivity index (χ1v) is 10.2. The Morgan fingerprint density at radius 3 is 2.87 bits per heavy atom. The number of aromatic nitrogens is 3. The van der Waals surface area contributed by atoms with Gasteiger partial charge in [0.15, 0.2) is 4.34 Å². The molecule has 0 unspecified atom stereocenters. The fourth-order valence-corrected chi connectivity index (χ4v) is 4.58. The van der Waals surface area contributed by atoms with Crippen molar-refractivity contribution in [2.45, 2.75) is 29.9 Å². The van der Waals surface area contributed by atoms with Crippen molar-refractivity contribution < 1.29 is 0 Å². The highest BCUT2D eigenvalue weighted by Gasteiger charge is 2.07. The number of hydrogen-bond donors (Lipinski definition) is 1. The lowest BCUT2D eigenvalue weighted by Gasteiger charge is -1.97. The Bertz CT molecular complexity index is 724. The molecule has 0 saturated carbocycles. The maximum atomic E-state index is 4.72. The van der Waals surface area contributed by atoms with Gasteiger partial charge in [0.25, 0.3) is 0 Å². The molecule has 23 heavy (non-hydrogen) atoms. The van der Waals surface area contributed by atoms with Crippen molar-refractivity contribution in [1.82, 2.24) is 15.2 Å². The molecule has 0 spiro atoms. The second-order valence-corrected chi connectivity index (χ2v) is 8.13. The summed E-state index contributed by atoms with van der Waals surface area (Å²) in [6, 6.07) is 10.5. The van der Waals surface area contributed by atoms with E-state index in [2.05, 4.69) is 52.1 Å². The van der Waals surface area contributed by atoms with Gasteiger partial charge in [0.1, 0.15) is 0 Å². The lowest BCUT2D eigenvalue weighted by atomic mass is 10.2. The Kier molecular flexibility index (Phi) is 6.01. The monoisotopic (exact) mass is 362 g/mol. The van der Waals surface area contributed by atoms with E-state index in [1.807, 2.05) is 6.07 Å². The molecule has 2 heterocycles. The zero-order chi connectivity index (χ0) is 15.9. The lowest BCUT2D eigenvalue weighted by Crippen LogP contribution is -1.98. The second-order valence-electron chi connectivity index (χ2n) is 4.98. The predicted octanol–water partition coefficient (Wildman–Crippen LogP) is 4.70. The van der Waals surface area contributed by atoms with Gasteiger partial charge in [0.2, 0.25) is 5.13 Å². The van der Waals surface area contributed by atoms with E-state index in [0.717, 1.165) is 45.3 Å². The number of rotatable bonds is 8. The van der Waals surface area contributed by atoms with Gasteiger partial charge in [-0.3, -0.25) is 0 Å². The van der Waals surface area contributed by atoms with E-state index < -0.39 is 0 Å². The predicted molar refractivity (Wildman–Crippen MR) is 99.6 cm³/mol. The maximum Gasteiger partial charge on any atom is 0.206 e. The zero-order valence-electron chi connectivity index (χ0n) is 12.9. The summed E-state index contributed by atoms with van der Waals surface area (Å²) in [5, 5.41) is 15.8. The molecule has 3 rings (SSSR count). The average Bonchev–Trinajstić information content (AvgIpc) is 3.21. The summed E-state index contributed by atoms with van der Waals surface area (Å²) in [4.78, 5) is 4.72. The van der Waals surface area contributed by atoms with Crippen molar-refractivity contribution in [1.29, 1.82) is 0 Å². The van der Waals surface area contributed by atoms with E-state index >= 15 is 0 Å². The van der Waals surface area contributed by atoms with Crippen LogP contribution in [-0.2, 0) is 12.2 Å². The molecule has 0 radical (unpaired) electrons. The molecule has 0 bridgehead atoms. The van der Waals surface area contributed by atoms with Crippen molar-refractivity contribution >= 4 is 39.6 Å². The Morgan fingerprint density at radius 1 is 1.17 bits per heavy atom. The molecular formula is C16H18N4S3. The molecule has 120 valence electrons. The van der Waals surface area contributed by atoms with Gasteiger partial charge in [-0.1, -0.05) is 60.4 Å². The molecule has 0 amide bonds. The minimum absolute atomic E-state index is 0.841. The fraction of sp³-hybridized carbons (Fsp3) is 0.312. The van der Waals surface area contributed by atoms with Crippen LogP contribution >= 0.6 is 34.4 Å². The smallest absolute Gasteiger partial charge is 0.206 e. The Morgan fingerprint density at radius 2 is 2.04 bits per heavy atom. The van der Waals surface area contributed by atoms with Crippen LogP contribution in [0.15, 0.2) is 40.1 Å². The SMILES string of the molecule is CCCNc1nnc(SCc2csc(Cc3ccccc3)n2)s1. The minimum atomic E-state index is 0.841. The normalized spacial score (nSPS) is 10.8. The zero-order valence-corrected chi connectivity index (χ0v) is 15.3. The number of benzene rings is 1. The van der Waals surface area contributed by atoms with E-state index in [1.54, 1.807) is 34.4 Å². The highest BCUT2D eigenvalue weighted by Crippen LogP contribution is 2.28. The lowest BCUT2D eigenvalue weighted by molar-refractivity contribution is 0.951. The molecule has 0 saturated heterocycles. The van der Waals surface area contributed by atoms with Crippen LogP contribution in [0.3, 0.4) is 0 Å². The van der Waals surface area contributed by atoms with Gasteiger partial charge in [-0.05, 0) is 12.0 Å². The molecule has 0 fully saturated rings. The number of anilines is 1. The second kappa shape index (κ2) is 8.42. The number of thiazole rings is 1. The first-order valence-electron chi connectivity index (χ1n) is 7.51. The maximum absolute atomic E-state index is 4.72. The van der Waals surface area contributed by atoms with Crippen LogP contribution in [0.1, 0.15) is 29.6 Å². The van der Waals surface area contributed by atoms with Gasteiger partial charge in [-0.25, -0.2) is 4.98 Å². The van der Waals surface area contributed by atoms with E-state index in [-0.39, 0.29) is 0 Å². The van der Waals surface area contributed by atoms with Crippen LogP contribution in [0.2, 0.25) is 0 Å². The molecule has 1 aromatic carbocycles. The molecule has 0 aliphatic carbocycles. The highest BCUT2D eigenvalue weighted by atomic mass is 32.2. The van der Waals surface area contributed by atoms with Gasteiger partial charge in [0, 0.05) is 24.1 Å². The summed E-state index contributed by atoms with van der Waals surface area (Å²) in [6.45, 7) is 3.08. The summed E-state index contributed by atoms with van der Waals surface area (Å²) < 4.78 is 0.987. The molecule has 0 aliphatic heterocycles. The molecule has 3 aromatic rings. The number of nitrogens with one attached hydrogen (secondary N) is 1. The molecule has 0 aliphatic rings. The Hall–Kier alpha value is -1.44. The van der Waals surface area contributed by atoms with E-state index in [0.29, 0.717) is 0 Å². The fourth-order valence-electron chi connectivity index (χ4n) is 1.97. The molecule has 4 nitrogen and oxygen atoms in total. The first-order chi connectivity index (χ1) is 11.3. The quantitative estimate of drug-likeness (QED) is 0.589. The van der Waals surface area contributed by atoms with Crippen LogP contribution in [0, 0.1) is 0 Å². The van der Waals surface area contributed by atoms with Crippen molar-refractivity contribution in [3.8, 4) is 0 Å². The van der Waals surface area contributed by atoms with E-state index in [9.17, 15) is 0 Å². The Balaban J connectivity index is 1.52. The summed E-state index contributed by atoms with van der Waals surface area (Å²) in [5.41, 5.74) is 2.42.